The van der Waals surface area contributed by atoms with Gasteiger partial charge < -0.3 is 14.4 Å². The molecule has 0 spiro atoms. The van der Waals surface area contributed by atoms with E-state index in [-0.39, 0.29) is 5.97 Å². The summed E-state index contributed by atoms with van der Waals surface area (Å²) in [7, 11) is 1.76. The van der Waals surface area contributed by atoms with Crippen molar-refractivity contribution in [1.29, 1.82) is 0 Å². The van der Waals surface area contributed by atoms with E-state index in [1.807, 2.05) is 6.92 Å². The number of hydrogen-bond acceptors (Lipinski definition) is 6. The van der Waals surface area contributed by atoms with Crippen LogP contribution < -0.4 is 4.90 Å². The third-order valence-electron chi connectivity index (χ3n) is 3.62. The fraction of sp³-hybridized carbons (Fsp3) is 0.733. The van der Waals surface area contributed by atoms with E-state index in [0.717, 1.165) is 30.5 Å². The van der Waals surface area contributed by atoms with Crippen molar-refractivity contribution in [2.24, 2.45) is 5.92 Å². The number of carbonyl (C=O) groups is 1. The van der Waals surface area contributed by atoms with E-state index in [4.69, 9.17) is 9.47 Å². The Hall–Kier alpha value is -1.14. The molecule has 0 saturated carbocycles. The second-order valence-corrected chi connectivity index (χ2v) is 6.17. The van der Waals surface area contributed by atoms with E-state index in [2.05, 4.69) is 15.3 Å². The normalized spacial score (nSPS) is 18.8. The predicted molar refractivity (Wildman–Crippen MR) is 83.9 cm³/mol. The van der Waals surface area contributed by atoms with Gasteiger partial charge in [0.25, 0.3) is 0 Å². The van der Waals surface area contributed by atoms with Crippen LogP contribution in [0.15, 0.2) is 5.38 Å². The van der Waals surface area contributed by atoms with E-state index >= 15 is 0 Å². The highest BCUT2D eigenvalue weighted by Crippen LogP contribution is 2.26. The molecule has 2 rings (SSSR count). The quantitative estimate of drug-likeness (QED) is 0.724. The van der Waals surface area contributed by atoms with Crippen LogP contribution >= 0.6 is 11.3 Å². The molecule has 2 heterocycles. The van der Waals surface area contributed by atoms with Gasteiger partial charge >= 0.3 is 5.97 Å². The van der Waals surface area contributed by atoms with Crippen LogP contribution in [0.5, 0.6) is 0 Å². The number of carbonyl (C=O) groups excluding carboxylic acids is 1. The van der Waals surface area contributed by atoms with Crippen LogP contribution in [-0.2, 0) is 20.7 Å². The molecule has 1 aromatic rings. The largest absolute Gasteiger partial charge is 0.466 e. The molecule has 0 N–H and O–H groups in total. The first-order chi connectivity index (χ1) is 10.2. The molecule has 1 saturated heterocycles. The van der Waals surface area contributed by atoms with Gasteiger partial charge in [-0.05, 0) is 25.7 Å². The monoisotopic (exact) mass is 312 g/mol. The summed E-state index contributed by atoms with van der Waals surface area (Å²) in [5.41, 5.74) is 0.983. The first-order valence-electron chi connectivity index (χ1n) is 7.56. The van der Waals surface area contributed by atoms with Crippen LogP contribution in [0.25, 0.3) is 0 Å². The molecule has 118 valence electrons. The van der Waals surface area contributed by atoms with Gasteiger partial charge in [0.2, 0.25) is 0 Å². The lowest BCUT2D eigenvalue weighted by Gasteiger charge is -2.32. The fourth-order valence-electron chi connectivity index (χ4n) is 2.63. The molecule has 0 radical (unpaired) electrons. The van der Waals surface area contributed by atoms with Crippen LogP contribution in [0.4, 0.5) is 5.13 Å². The highest BCUT2D eigenvalue weighted by molar-refractivity contribution is 7.13. The summed E-state index contributed by atoms with van der Waals surface area (Å²) in [5.74, 6) is 0.445. The number of nitrogens with zero attached hydrogens (tertiary/aromatic N) is 2. The van der Waals surface area contributed by atoms with Gasteiger partial charge in [0, 0.05) is 32.0 Å². The van der Waals surface area contributed by atoms with E-state index in [1.54, 1.807) is 18.4 Å². The lowest BCUT2D eigenvalue weighted by Crippen LogP contribution is -2.37. The van der Waals surface area contributed by atoms with E-state index < -0.39 is 0 Å². The molecule has 0 bridgehead atoms. The second kappa shape index (κ2) is 8.34. The number of anilines is 1. The summed E-state index contributed by atoms with van der Waals surface area (Å²) in [6.07, 6.45) is 3.48. The molecule has 1 atom stereocenters. The summed E-state index contributed by atoms with van der Waals surface area (Å²) >= 11 is 1.66. The molecule has 1 fully saturated rings. The molecular weight excluding hydrogens is 288 g/mol. The highest BCUT2D eigenvalue weighted by Gasteiger charge is 2.22. The summed E-state index contributed by atoms with van der Waals surface area (Å²) < 4.78 is 10.2. The van der Waals surface area contributed by atoms with Crippen molar-refractivity contribution in [3.05, 3.63) is 11.1 Å². The Morgan fingerprint density at radius 2 is 2.43 bits per heavy atom. The van der Waals surface area contributed by atoms with Crippen LogP contribution in [0.1, 0.15) is 31.9 Å². The first-order valence-corrected chi connectivity index (χ1v) is 8.44. The molecule has 1 aromatic heterocycles. The third-order valence-corrected chi connectivity index (χ3v) is 4.57. The zero-order valence-corrected chi connectivity index (χ0v) is 13.7. The number of piperidine rings is 1. The summed E-state index contributed by atoms with van der Waals surface area (Å²) in [4.78, 5) is 18.4. The Kier molecular flexibility index (Phi) is 6.45. The molecule has 1 aliphatic heterocycles. The molecule has 5 nitrogen and oxygen atoms in total. The van der Waals surface area contributed by atoms with E-state index in [9.17, 15) is 4.79 Å². The maximum absolute atomic E-state index is 11.4. The maximum atomic E-state index is 11.4. The highest BCUT2D eigenvalue weighted by atomic mass is 32.1. The minimum atomic E-state index is -0.148. The van der Waals surface area contributed by atoms with Gasteiger partial charge in [-0.15, -0.1) is 11.3 Å². The van der Waals surface area contributed by atoms with Crippen molar-refractivity contribution in [2.45, 2.75) is 32.6 Å². The van der Waals surface area contributed by atoms with Crippen LogP contribution in [-0.4, -0.2) is 44.4 Å². The Morgan fingerprint density at radius 1 is 1.57 bits per heavy atom. The van der Waals surface area contributed by atoms with Gasteiger partial charge in [-0.2, -0.15) is 0 Å². The Bertz CT molecular complexity index is 448. The standard InChI is InChI=1S/C15H24N2O3S/c1-3-20-14(18)7-6-13-11-21-15(16-13)17-8-4-5-12(9-17)10-19-2/h11-12H,3-10H2,1-2H3. The average molecular weight is 312 g/mol. The molecule has 1 aliphatic rings. The number of hydrogen-bond donors (Lipinski definition) is 0. The maximum Gasteiger partial charge on any atom is 0.306 e. The number of ether oxygens (including phenoxy) is 2. The molecule has 0 amide bonds. The Balaban J connectivity index is 1.85. The summed E-state index contributed by atoms with van der Waals surface area (Å²) in [5, 5.41) is 3.11. The van der Waals surface area contributed by atoms with E-state index in [1.165, 1.54) is 12.8 Å². The summed E-state index contributed by atoms with van der Waals surface area (Å²) in [6, 6.07) is 0. The summed E-state index contributed by atoms with van der Waals surface area (Å²) in [6.45, 7) is 5.16. The Labute approximate surface area is 130 Å². The molecule has 0 aliphatic carbocycles. The molecular formula is C15H24N2O3S. The lowest BCUT2D eigenvalue weighted by molar-refractivity contribution is -0.143. The molecule has 1 unspecified atom stereocenters. The van der Waals surface area contributed by atoms with Gasteiger partial charge in [0.1, 0.15) is 0 Å². The number of methoxy groups -OCH3 is 1. The number of aromatic nitrogens is 1. The zero-order valence-electron chi connectivity index (χ0n) is 12.8. The number of esters is 1. The minimum absolute atomic E-state index is 0.148. The van der Waals surface area contributed by atoms with Gasteiger partial charge in [-0.1, -0.05) is 0 Å². The smallest absolute Gasteiger partial charge is 0.306 e. The van der Waals surface area contributed by atoms with Gasteiger partial charge in [0.15, 0.2) is 5.13 Å². The molecule has 0 aromatic carbocycles. The van der Waals surface area contributed by atoms with Gasteiger partial charge in [0.05, 0.1) is 25.3 Å². The topological polar surface area (TPSA) is 51.7 Å². The predicted octanol–water partition coefficient (Wildman–Crippen LogP) is 2.50. The molecule has 21 heavy (non-hydrogen) atoms. The van der Waals surface area contributed by atoms with Crippen molar-refractivity contribution in [3.63, 3.8) is 0 Å². The van der Waals surface area contributed by atoms with Gasteiger partial charge in [-0.25, -0.2) is 4.98 Å². The van der Waals surface area contributed by atoms with Gasteiger partial charge in [-0.3, -0.25) is 4.79 Å². The third kappa shape index (κ3) is 4.97. The van der Waals surface area contributed by atoms with Crippen molar-refractivity contribution in [1.82, 2.24) is 4.98 Å². The SMILES string of the molecule is CCOC(=O)CCc1csc(N2CCCC(COC)C2)n1. The minimum Gasteiger partial charge on any atom is -0.466 e. The fourth-order valence-corrected chi connectivity index (χ4v) is 3.53. The van der Waals surface area contributed by atoms with Crippen LogP contribution in [0.2, 0.25) is 0 Å². The number of aryl methyl sites for hydroxylation is 1. The second-order valence-electron chi connectivity index (χ2n) is 5.34. The van der Waals surface area contributed by atoms with Crippen LogP contribution in [0.3, 0.4) is 0 Å². The van der Waals surface area contributed by atoms with E-state index in [0.29, 0.717) is 25.4 Å². The lowest BCUT2D eigenvalue weighted by atomic mass is 9.99. The van der Waals surface area contributed by atoms with Crippen LogP contribution in [0, 0.1) is 5.92 Å². The first kappa shape index (κ1) is 16.2. The average Bonchev–Trinajstić information content (AvgIpc) is 2.95. The van der Waals surface area contributed by atoms with Crippen molar-refractivity contribution in [2.75, 3.05) is 38.3 Å². The number of rotatable bonds is 7. The van der Waals surface area contributed by atoms with Crippen molar-refractivity contribution in [3.8, 4) is 0 Å². The van der Waals surface area contributed by atoms with Crippen molar-refractivity contribution >= 4 is 22.4 Å². The zero-order chi connectivity index (χ0) is 15.1. The molecule has 6 heteroatoms. The van der Waals surface area contributed by atoms with Crippen molar-refractivity contribution < 1.29 is 14.3 Å². The Morgan fingerprint density at radius 3 is 3.19 bits per heavy atom. The number of thiazole rings is 1.